The van der Waals surface area contributed by atoms with Gasteiger partial charge in [-0.3, -0.25) is 19.6 Å². The zero-order valence-electron chi connectivity index (χ0n) is 14.5. The Morgan fingerprint density at radius 1 is 1.30 bits per heavy atom. The molecule has 0 bridgehead atoms. The number of hydrogen-bond acceptors (Lipinski definition) is 4. The Kier molecular flexibility index (Phi) is 4.23. The average molecular weight is 368 g/mol. The van der Waals surface area contributed by atoms with Gasteiger partial charge in [-0.2, -0.15) is 5.10 Å². The van der Waals surface area contributed by atoms with E-state index in [2.05, 4.69) is 15.5 Å². The van der Waals surface area contributed by atoms with Gasteiger partial charge < -0.3 is 10.1 Å². The lowest BCUT2D eigenvalue weighted by Gasteiger charge is -2.15. The Morgan fingerprint density at radius 3 is 2.93 bits per heavy atom. The molecule has 4 rings (SSSR count). The van der Waals surface area contributed by atoms with Crippen LogP contribution in [0.4, 0.5) is 15.9 Å². The molecule has 0 saturated carbocycles. The zero-order chi connectivity index (χ0) is 19.0. The summed E-state index contributed by atoms with van der Waals surface area (Å²) in [6.07, 6.45) is 0.0315. The van der Waals surface area contributed by atoms with Crippen molar-refractivity contribution >= 4 is 34.2 Å². The number of benzene rings is 2. The largest absolute Gasteiger partial charge is 0.495 e. The van der Waals surface area contributed by atoms with Crippen molar-refractivity contribution < 1.29 is 18.7 Å². The van der Waals surface area contributed by atoms with Crippen molar-refractivity contribution in [1.29, 1.82) is 0 Å². The number of anilines is 2. The first kappa shape index (κ1) is 17.0. The molecule has 1 aromatic heterocycles. The minimum atomic E-state index is -0.569. The van der Waals surface area contributed by atoms with Crippen molar-refractivity contribution in [2.45, 2.75) is 6.42 Å². The van der Waals surface area contributed by atoms with Crippen molar-refractivity contribution in [2.24, 2.45) is 5.92 Å². The number of carbonyl (C=O) groups is 2. The maximum Gasteiger partial charge on any atom is 0.229 e. The van der Waals surface area contributed by atoms with Crippen molar-refractivity contribution in [3.8, 4) is 5.75 Å². The van der Waals surface area contributed by atoms with Crippen molar-refractivity contribution in [3.63, 3.8) is 0 Å². The number of aromatic amines is 1. The highest BCUT2D eigenvalue weighted by atomic mass is 19.1. The maximum atomic E-state index is 14.2. The monoisotopic (exact) mass is 368 g/mol. The summed E-state index contributed by atoms with van der Waals surface area (Å²) in [6.45, 7) is 0.133. The molecule has 2 N–H and O–H groups in total. The number of nitrogens with one attached hydrogen (secondary N) is 2. The second kappa shape index (κ2) is 6.71. The number of rotatable bonds is 4. The Bertz CT molecular complexity index is 1030. The molecule has 0 radical (unpaired) electrons. The van der Waals surface area contributed by atoms with Crippen LogP contribution < -0.4 is 15.0 Å². The maximum absolute atomic E-state index is 14.2. The molecule has 1 atom stereocenters. The van der Waals surface area contributed by atoms with Crippen LogP contribution in [0.15, 0.2) is 42.5 Å². The molecular formula is C19H17FN4O3. The van der Waals surface area contributed by atoms with E-state index in [0.29, 0.717) is 17.0 Å². The molecule has 1 fully saturated rings. The molecule has 7 nitrogen and oxygen atoms in total. The van der Waals surface area contributed by atoms with Gasteiger partial charge in [-0.05, 0) is 24.3 Å². The van der Waals surface area contributed by atoms with E-state index in [9.17, 15) is 14.0 Å². The number of amides is 2. The minimum absolute atomic E-state index is 0.0315. The first-order chi connectivity index (χ1) is 13.1. The summed E-state index contributed by atoms with van der Waals surface area (Å²) in [5, 5.41) is 9.85. The molecule has 3 aromatic rings. The van der Waals surface area contributed by atoms with Crippen LogP contribution in [0.25, 0.3) is 10.9 Å². The van der Waals surface area contributed by atoms with Crippen molar-refractivity contribution in [1.82, 2.24) is 10.2 Å². The van der Waals surface area contributed by atoms with E-state index < -0.39 is 11.7 Å². The Labute approximate surface area is 154 Å². The predicted octanol–water partition coefficient (Wildman–Crippen LogP) is 2.70. The number of H-pyrrole nitrogens is 1. The second-order valence-corrected chi connectivity index (χ2v) is 6.30. The molecule has 2 heterocycles. The highest BCUT2D eigenvalue weighted by Gasteiger charge is 2.37. The molecule has 0 spiro atoms. The average Bonchev–Trinajstić information content (AvgIpc) is 3.26. The number of para-hydroxylation sites is 2. The van der Waals surface area contributed by atoms with Gasteiger partial charge in [-0.25, -0.2) is 4.39 Å². The van der Waals surface area contributed by atoms with Gasteiger partial charge in [-0.1, -0.05) is 18.2 Å². The summed E-state index contributed by atoms with van der Waals surface area (Å²) < 4.78 is 19.4. The van der Waals surface area contributed by atoms with Gasteiger partial charge in [-0.15, -0.1) is 0 Å². The Morgan fingerprint density at radius 2 is 2.11 bits per heavy atom. The third-order valence-corrected chi connectivity index (χ3v) is 4.64. The lowest BCUT2D eigenvalue weighted by Crippen LogP contribution is -2.28. The summed E-state index contributed by atoms with van der Waals surface area (Å²) in [4.78, 5) is 26.4. The number of ether oxygens (including phenoxy) is 1. The van der Waals surface area contributed by atoms with Gasteiger partial charge in [0, 0.05) is 13.0 Å². The van der Waals surface area contributed by atoms with Gasteiger partial charge in [0.25, 0.3) is 0 Å². The first-order valence-electron chi connectivity index (χ1n) is 8.45. The van der Waals surface area contributed by atoms with Crippen LogP contribution in [0.2, 0.25) is 0 Å². The molecular weight excluding hydrogens is 351 g/mol. The van der Waals surface area contributed by atoms with Gasteiger partial charge in [0.2, 0.25) is 11.8 Å². The van der Waals surface area contributed by atoms with Crippen LogP contribution in [-0.2, 0) is 9.59 Å². The van der Waals surface area contributed by atoms with E-state index in [1.54, 1.807) is 36.4 Å². The highest BCUT2D eigenvalue weighted by Crippen LogP contribution is 2.32. The molecule has 1 aliphatic rings. The zero-order valence-corrected chi connectivity index (χ0v) is 14.5. The van der Waals surface area contributed by atoms with Gasteiger partial charge in [0.15, 0.2) is 5.82 Å². The van der Waals surface area contributed by atoms with Gasteiger partial charge in [0.1, 0.15) is 11.6 Å². The SMILES string of the molecule is COc1ccccc1NC(=O)[C@@H]1CC(=O)N(c2n[nH]c3cccc(F)c23)C1. The molecule has 8 heteroatoms. The predicted molar refractivity (Wildman–Crippen MR) is 98.1 cm³/mol. The molecule has 27 heavy (non-hydrogen) atoms. The summed E-state index contributed by atoms with van der Waals surface area (Å²) in [6, 6.07) is 11.6. The second-order valence-electron chi connectivity index (χ2n) is 6.30. The third kappa shape index (κ3) is 2.99. The lowest BCUT2D eigenvalue weighted by molar-refractivity contribution is -0.122. The summed E-state index contributed by atoms with van der Waals surface area (Å²) >= 11 is 0. The smallest absolute Gasteiger partial charge is 0.229 e. The molecule has 1 aliphatic heterocycles. The fourth-order valence-corrected chi connectivity index (χ4v) is 3.28. The van der Waals surface area contributed by atoms with E-state index in [4.69, 9.17) is 4.74 Å². The highest BCUT2D eigenvalue weighted by molar-refractivity contribution is 6.07. The van der Waals surface area contributed by atoms with Gasteiger partial charge in [0.05, 0.1) is 29.6 Å². The van der Waals surface area contributed by atoms with Crippen LogP contribution in [0.5, 0.6) is 5.75 Å². The van der Waals surface area contributed by atoms with Crippen LogP contribution in [-0.4, -0.2) is 35.7 Å². The Balaban J connectivity index is 1.56. The Hall–Kier alpha value is -3.42. The molecule has 0 unspecified atom stereocenters. The van der Waals surface area contributed by atoms with Crippen molar-refractivity contribution in [2.75, 3.05) is 23.9 Å². The van der Waals surface area contributed by atoms with E-state index in [1.807, 2.05) is 0 Å². The standard InChI is InChI=1S/C19H17FN4O3/c1-27-15-8-3-2-6-13(15)21-19(26)11-9-16(25)24(10-11)18-17-12(20)5-4-7-14(17)22-23-18/h2-8,11H,9-10H2,1H3,(H,21,26)(H,22,23)/t11-/m1/s1. The normalized spacial score (nSPS) is 16.7. The lowest BCUT2D eigenvalue weighted by atomic mass is 10.1. The summed E-state index contributed by atoms with van der Waals surface area (Å²) in [5.74, 6) is -0.859. The van der Waals surface area contributed by atoms with Crippen molar-refractivity contribution in [3.05, 3.63) is 48.3 Å². The number of aromatic nitrogens is 2. The topological polar surface area (TPSA) is 87.3 Å². The number of fused-ring (bicyclic) bond motifs is 1. The number of halogens is 1. The van der Waals surface area contributed by atoms with Crippen LogP contribution >= 0.6 is 0 Å². The number of methoxy groups -OCH3 is 1. The molecule has 0 aliphatic carbocycles. The first-order valence-corrected chi connectivity index (χ1v) is 8.45. The summed E-state index contributed by atoms with van der Waals surface area (Å²) in [7, 11) is 1.52. The molecule has 2 amide bonds. The number of nitrogens with zero attached hydrogens (tertiary/aromatic N) is 2. The van der Waals surface area contributed by atoms with E-state index in [0.717, 1.165) is 0 Å². The van der Waals surface area contributed by atoms with Gasteiger partial charge >= 0.3 is 0 Å². The quantitative estimate of drug-likeness (QED) is 0.741. The van der Waals surface area contributed by atoms with E-state index in [-0.39, 0.29) is 36.0 Å². The number of carbonyl (C=O) groups excluding carboxylic acids is 2. The molecule has 138 valence electrons. The number of hydrogen-bond donors (Lipinski definition) is 2. The van der Waals surface area contributed by atoms with E-state index >= 15 is 0 Å². The van der Waals surface area contributed by atoms with Crippen LogP contribution in [0, 0.1) is 11.7 Å². The fraction of sp³-hybridized carbons (Fsp3) is 0.211. The minimum Gasteiger partial charge on any atom is -0.495 e. The molecule has 2 aromatic carbocycles. The molecule has 1 saturated heterocycles. The van der Waals surface area contributed by atoms with Crippen LogP contribution in [0.1, 0.15) is 6.42 Å². The van der Waals surface area contributed by atoms with Crippen LogP contribution in [0.3, 0.4) is 0 Å². The third-order valence-electron chi connectivity index (χ3n) is 4.64. The summed E-state index contributed by atoms with van der Waals surface area (Å²) in [5.41, 5.74) is 1.03. The van der Waals surface area contributed by atoms with E-state index in [1.165, 1.54) is 18.1 Å². The fourth-order valence-electron chi connectivity index (χ4n) is 3.28.